The molecular weight excluding hydrogens is 328 g/mol. The van der Waals surface area contributed by atoms with Crippen molar-refractivity contribution in [3.63, 3.8) is 0 Å². The van der Waals surface area contributed by atoms with Gasteiger partial charge in [0, 0.05) is 0 Å². The topological polar surface area (TPSA) is 184 Å². The third-order valence-electron chi connectivity index (χ3n) is 1.64. The van der Waals surface area contributed by atoms with Gasteiger partial charge < -0.3 is 10.6 Å². The summed E-state index contributed by atoms with van der Waals surface area (Å²) in [5.74, 6) is -1.46. The van der Waals surface area contributed by atoms with Crippen molar-refractivity contribution in [3.05, 3.63) is 42.5 Å². The molecule has 0 fully saturated rings. The van der Waals surface area contributed by atoms with Crippen LogP contribution in [0.25, 0.3) is 0 Å². The van der Waals surface area contributed by atoms with Crippen molar-refractivity contribution < 1.29 is 83.5 Å². The Morgan fingerprint density at radius 3 is 1.39 bits per heavy atom. The van der Waals surface area contributed by atoms with Crippen LogP contribution in [0.2, 0.25) is 0 Å². The Labute approximate surface area is 147 Å². The van der Waals surface area contributed by atoms with Crippen LogP contribution in [0, 0.1) is 30.3 Å². The van der Waals surface area contributed by atoms with E-state index >= 15 is 0 Å². The average molecular weight is 332 g/mol. The number of nitrogens with zero attached hydrogens (tertiary/aromatic N) is 3. The fourth-order valence-corrected chi connectivity index (χ4v) is 0.961. The molecule has 0 unspecified atom stereocenters. The molecule has 0 aliphatic rings. The van der Waals surface area contributed by atoms with E-state index in [-0.39, 0.29) is 63.7 Å². The second kappa shape index (κ2) is 7.43. The molecule has 0 aliphatic carbocycles. The number of hydrogen-bond acceptors (Lipinski definition) is 7. The first-order valence-corrected chi connectivity index (χ1v) is 3.63. The predicted octanol–water partition coefficient (Wildman–Crippen LogP) is -3.34. The van der Waals surface area contributed by atoms with Crippen molar-refractivity contribution in [1.82, 2.24) is 0 Å². The SMILES string of the molecule is O.O=[N+]([O-])c1cc([N+](=O)[O-])c([O-])c([N+](=O)[O-])c1.[Rb+]. The molecule has 0 amide bonds. The molecule has 1 aromatic rings. The van der Waals surface area contributed by atoms with E-state index in [4.69, 9.17) is 0 Å². The van der Waals surface area contributed by atoms with E-state index in [9.17, 15) is 35.4 Å². The molecular formula is C6H4N3O8Rb. The van der Waals surface area contributed by atoms with Crippen molar-refractivity contribution in [3.8, 4) is 5.75 Å². The first-order chi connectivity index (χ1) is 7.34. The molecule has 0 atom stereocenters. The Morgan fingerprint density at radius 1 is 0.833 bits per heavy atom. The van der Waals surface area contributed by atoms with Crippen LogP contribution in [0.4, 0.5) is 17.1 Å². The third kappa shape index (κ3) is 4.02. The van der Waals surface area contributed by atoms with Gasteiger partial charge in [0.25, 0.3) is 17.1 Å². The number of non-ortho nitro benzene ring substituents is 1. The van der Waals surface area contributed by atoms with Crippen LogP contribution in [0.15, 0.2) is 12.1 Å². The minimum atomic E-state index is -1.46. The third-order valence-corrected chi connectivity index (χ3v) is 1.64. The van der Waals surface area contributed by atoms with Crippen LogP contribution in [0.5, 0.6) is 5.75 Å². The van der Waals surface area contributed by atoms with Gasteiger partial charge in [-0.05, 0) is 0 Å². The van der Waals surface area contributed by atoms with Crippen LogP contribution in [0.3, 0.4) is 0 Å². The molecule has 0 aromatic heterocycles. The molecule has 12 heteroatoms. The molecule has 0 aliphatic heterocycles. The van der Waals surface area contributed by atoms with Gasteiger partial charge in [-0.1, -0.05) is 0 Å². The van der Waals surface area contributed by atoms with Crippen molar-refractivity contribution in [2.45, 2.75) is 0 Å². The Bertz CT molecular complexity index is 469. The summed E-state index contributed by atoms with van der Waals surface area (Å²) < 4.78 is 0. The number of nitro benzene ring substituents is 3. The largest absolute Gasteiger partial charge is 1.00 e. The zero-order valence-electron chi connectivity index (χ0n) is 8.85. The van der Waals surface area contributed by atoms with E-state index in [1.54, 1.807) is 0 Å². The normalized spacial score (nSPS) is 8.67. The van der Waals surface area contributed by atoms with Gasteiger partial charge in [0.1, 0.15) is 0 Å². The van der Waals surface area contributed by atoms with Crippen LogP contribution >= 0.6 is 0 Å². The summed E-state index contributed by atoms with van der Waals surface area (Å²) in [6, 6.07) is 0.769. The average Bonchev–Trinajstić information content (AvgIpc) is 2.16. The van der Waals surface area contributed by atoms with Gasteiger partial charge in [-0.15, -0.1) is 0 Å². The van der Waals surface area contributed by atoms with Crippen LogP contribution < -0.4 is 63.3 Å². The van der Waals surface area contributed by atoms with E-state index in [1.807, 2.05) is 0 Å². The fourth-order valence-electron chi connectivity index (χ4n) is 0.961. The first-order valence-electron chi connectivity index (χ1n) is 3.63. The predicted molar refractivity (Wildman–Crippen MR) is 49.5 cm³/mol. The van der Waals surface area contributed by atoms with Gasteiger partial charge in [0.2, 0.25) is 0 Å². The first kappa shape index (κ1) is 19.3. The zero-order valence-corrected chi connectivity index (χ0v) is 13.8. The molecule has 0 spiro atoms. The van der Waals surface area contributed by atoms with E-state index in [0.717, 1.165) is 0 Å². The Hall–Kier alpha value is -1.01. The van der Waals surface area contributed by atoms with Gasteiger partial charge >= 0.3 is 58.2 Å². The summed E-state index contributed by atoms with van der Waals surface area (Å²) in [5.41, 5.74) is -3.26. The number of nitro groups is 3. The molecule has 0 bridgehead atoms. The monoisotopic (exact) mass is 331 g/mol. The Balaban J connectivity index is 0. The quantitative estimate of drug-likeness (QED) is 0.409. The summed E-state index contributed by atoms with van der Waals surface area (Å²) in [4.78, 5) is 27.5. The molecule has 18 heavy (non-hydrogen) atoms. The van der Waals surface area contributed by atoms with Crippen molar-refractivity contribution in [2.24, 2.45) is 0 Å². The molecule has 2 N–H and O–H groups in total. The van der Waals surface area contributed by atoms with Gasteiger partial charge in [0.05, 0.1) is 32.7 Å². The van der Waals surface area contributed by atoms with Crippen LogP contribution in [-0.4, -0.2) is 20.2 Å². The maximum Gasteiger partial charge on any atom is 1.00 e. The molecule has 92 valence electrons. The second-order valence-electron chi connectivity index (χ2n) is 2.58. The van der Waals surface area contributed by atoms with Gasteiger partial charge in [-0.2, -0.15) is 0 Å². The summed E-state index contributed by atoms with van der Waals surface area (Å²) in [5, 5.41) is 42.1. The van der Waals surface area contributed by atoms with E-state index in [0.29, 0.717) is 12.1 Å². The number of rotatable bonds is 3. The molecule has 0 radical (unpaired) electrons. The van der Waals surface area contributed by atoms with Gasteiger partial charge in [-0.25, -0.2) is 0 Å². The minimum absolute atomic E-state index is 0. The molecule has 1 aromatic carbocycles. The van der Waals surface area contributed by atoms with Crippen molar-refractivity contribution in [1.29, 1.82) is 0 Å². The second-order valence-corrected chi connectivity index (χ2v) is 2.58. The van der Waals surface area contributed by atoms with Gasteiger partial charge in [0.15, 0.2) is 0 Å². The maximum absolute atomic E-state index is 11.1. The Morgan fingerprint density at radius 2 is 1.17 bits per heavy atom. The summed E-state index contributed by atoms with van der Waals surface area (Å²) in [7, 11) is 0. The number of hydrogen-bond donors (Lipinski definition) is 0. The Kier molecular flexibility index (Phi) is 7.97. The molecule has 1 rings (SSSR count). The standard InChI is InChI=1S/C6H3N3O7.H2O.Rb/c10-6-4(8(13)14)1-3(7(11)12)2-5(6)9(15)16;;/h1-2,10H;1H2;/q;;+1/p-1. The summed E-state index contributed by atoms with van der Waals surface area (Å²) in [6.45, 7) is 0. The minimum Gasteiger partial charge on any atom is -0.863 e. The van der Waals surface area contributed by atoms with Crippen molar-refractivity contribution in [2.75, 3.05) is 0 Å². The summed E-state index contributed by atoms with van der Waals surface area (Å²) >= 11 is 0. The molecule has 0 heterocycles. The molecule has 0 saturated carbocycles. The molecule has 11 nitrogen and oxygen atoms in total. The van der Waals surface area contributed by atoms with E-state index < -0.39 is 37.6 Å². The van der Waals surface area contributed by atoms with E-state index in [2.05, 4.69) is 0 Å². The number of benzene rings is 1. The molecule has 0 saturated heterocycles. The van der Waals surface area contributed by atoms with Crippen molar-refractivity contribution >= 4 is 17.1 Å². The smallest absolute Gasteiger partial charge is 0.863 e. The van der Waals surface area contributed by atoms with Crippen LogP contribution in [-0.2, 0) is 0 Å². The maximum atomic E-state index is 11.1. The van der Waals surface area contributed by atoms with E-state index in [1.165, 1.54) is 0 Å². The van der Waals surface area contributed by atoms with Crippen LogP contribution in [0.1, 0.15) is 0 Å². The summed E-state index contributed by atoms with van der Waals surface area (Å²) in [6.07, 6.45) is 0. The zero-order chi connectivity index (χ0) is 12.5. The fraction of sp³-hybridized carbons (Fsp3) is 0. The van der Waals surface area contributed by atoms with Gasteiger partial charge in [-0.3, -0.25) is 30.3 Å².